The summed E-state index contributed by atoms with van der Waals surface area (Å²) < 4.78 is 5.20. The molecule has 6 nitrogen and oxygen atoms in total. The van der Waals surface area contributed by atoms with Crippen LogP contribution in [-0.4, -0.2) is 53.9 Å². The van der Waals surface area contributed by atoms with Gasteiger partial charge in [-0.3, -0.25) is 14.5 Å². The molecule has 1 aromatic rings. The van der Waals surface area contributed by atoms with Gasteiger partial charge >= 0.3 is 0 Å². The Hall–Kier alpha value is -2.08. The van der Waals surface area contributed by atoms with Gasteiger partial charge in [0.1, 0.15) is 5.75 Å². The first-order valence-corrected chi connectivity index (χ1v) is 8.93. The molecule has 3 atom stereocenters. The number of piperazine rings is 1. The van der Waals surface area contributed by atoms with Crippen molar-refractivity contribution in [1.29, 1.82) is 0 Å². The van der Waals surface area contributed by atoms with Crippen LogP contribution in [0.2, 0.25) is 0 Å². The van der Waals surface area contributed by atoms with Gasteiger partial charge in [-0.1, -0.05) is 19.1 Å². The molecule has 25 heavy (non-hydrogen) atoms. The van der Waals surface area contributed by atoms with E-state index in [1.54, 1.807) is 14.0 Å². The highest BCUT2D eigenvalue weighted by Crippen LogP contribution is 2.32. The molecular formula is C19H27N3O3. The first-order chi connectivity index (χ1) is 12.0. The molecule has 2 fully saturated rings. The summed E-state index contributed by atoms with van der Waals surface area (Å²) in [5.74, 6) is 0.454. The number of primary amides is 1. The maximum Gasteiger partial charge on any atom is 0.222 e. The zero-order valence-electron chi connectivity index (χ0n) is 15.0. The number of rotatable bonds is 7. The lowest BCUT2D eigenvalue weighted by Gasteiger charge is -2.34. The van der Waals surface area contributed by atoms with Crippen LogP contribution in [-0.2, 0) is 16.1 Å². The van der Waals surface area contributed by atoms with E-state index in [2.05, 4.69) is 17.0 Å². The van der Waals surface area contributed by atoms with E-state index in [0.29, 0.717) is 24.9 Å². The van der Waals surface area contributed by atoms with Crippen LogP contribution in [0, 0.1) is 5.92 Å². The van der Waals surface area contributed by atoms with Crippen molar-refractivity contribution in [1.82, 2.24) is 9.80 Å². The van der Waals surface area contributed by atoms with Crippen molar-refractivity contribution in [3.8, 4) is 5.75 Å². The smallest absolute Gasteiger partial charge is 0.222 e. The number of hydrogen-bond donors (Lipinski definition) is 1. The first kappa shape index (κ1) is 17.7. The lowest BCUT2D eigenvalue weighted by atomic mass is 10.0. The van der Waals surface area contributed by atoms with E-state index in [1.807, 2.05) is 17.0 Å². The predicted octanol–water partition coefficient (Wildman–Crippen LogP) is 1.38. The number of nitrogens with zero attached hydrogens (tertiary/aromatic N) is 2. The van der Waals surface area contributed by atoms with Gasteiger partial charge in [-0.05, 0) is 30.5 Å². The summed E-state index contributed by atoms with van der Waals surface area (Å²) >= 11 is 0. The Bertz CT molecular complexity index is 631. The van der Waals surface area contributed by atoms with Crippen LogP contribution in [0.5, 0.6) is 5.75 Å². The lowest BCUT2D eigenvalue weighted by Crippen LogP contribution is -2.48. The number of fused-ring (bicyclic) bond motifs is 2. The number of amides is 2. The van der Waals surface area contributed by atoms with Crippen molar-refractivity contribution in [2.45, 2.75) is 44.8 Å². The zero-order valence-corrected chi connectivity index (χ0v) is 15.0. The number of hydrogen-bond acceptors (Lipinski definition) is 4. The lowest BCUT2D eigenvalue weighted by molar-refractivity contribution is -0.134. The number of benzene rings is 1. The molecule has 2 aliphatic heterocycles. The molecule has 0 radical (unpaired) electrons. The van der Waals surface area contributed by atoms with Crippen LogP contribution in [0.25, 0.3) is 0 Å². The average molecular weight is 345 g/mol. The van der Waals surface area contributed by atoms with Gasteiger partial charge in [-0.25, -0.2) is 0 Å². The Labute approximate surface area is 148 Å². The SMILES string of the molecule is COc1ccc(CN2C[C@@H]3CC2CN3C(=O)CCC(C)C(N)=O)cc1. The van der Waals surface area contributed by atoms with Gasteiger partial charge in [0.05, 0.1) is 7.11 Å². The molecular weight excluding hydrogens is 318 g/mol. The second-order valence-electron chi connectivity index (χ2n) is 7.21. The van der Waals surface area contributed by atoms with Crippen LogP contribution in [0.15, 0.2) is 24.3 Å². The minimum atomic E-state index is -0.332. The maximum absolute atomic E-state index is 12.4. The molecule has 2 heterocycles. The molecule has 6 heteroatoms. The summed E-state index contributed by atoms with van der Waals surface area (Å²) in [6.45, 7) is 4.41. The Balaban J connectivity index is 1.50. The summed E-state index contributed by atoms with van der Waals surface area (Å²) in [7, 11) is 1.67. The van der Waals surface area contributed by atoms with Crippen molar-refractivity contribution in [3.63, 3.8) is 0 Å². The molecule has 2 amide bonds. The van der Waals surface area contributed by atoms with Crippen LogP contribution >= 0.6 is 0 Å². The van der Waals surface area contributed by atoms with Gasteiger partial charge in [-0.2, -0.15) is 0 Å². The number of carbonyl (C=O) groups is 2. The zero-order chi connectivity index (χ0) is 18.0. The second-order valence-corrected chi connectivity index (χ2v) is 7.21. The highest BCUT2D eigenvalue weighted by molar-refractivity contribution is 5.79. The van der Waals surface area contributed by atoms with E-state index in [1.165, 1.54) is 5.56 Å². The summed E-state index contributed by atoms with van der Waals surface area (Å²) in [4.78, 5) is 28.0. The number of likely N-dealkylation sites (tertiary alicyclic amines) is 2. The van der Waals surface area contributed by atoms with E-state index in [0.717, 1.165) is 31.8 Å². The summed E-state index contributed by atoms with van der Waals surface area (Å²) in [6.07, 6.45) is 2.00. The van der Waals surface area contributed by atoms with Crippen molar-refractivity contribution in [2.24, 2.45) is 11.7 Å². The van der Waals surface area contributed by atoms with Gasteiger partial charge in [0.15, 0.2) is 0 Å². The molecule has 2 N–H and O–H groups in total. The normalized spacial score (nSPS) is 23.7. The third kappa shape index (κ3) is 3.95. The molecule has 2 saturated heterocycles. The summed E-state index contributed by atoms with van der Waals surface area (Å²) in [6, 6.07) is 8.90. The van der Waals surface area contributed by atoms with Crippen LogP contribution in [0.4, 0.5) is 0 Å². The predicted molar refractivity (Wildman–Crippen MR) is 94.9 cm³/mol. The summed E-state index contributed by atoms with van der Waals surface area (Å²) in [5.41, 5.74) is 6.53. The summed E-state index contributed by atoms with van der Waals surface area (Å²) in [5, 5.41) is 0. The minimum absolute atomic E-state index is 0.157. The Morgan fingerprint density at radius 2 is 1.96 bits per heavy atom. The van der Waals surface area contributed by atoms with Crippen molar-refractivity contribution in [3.05, 3.63) is 29.8 Å². The van der Waals surface area contributed by atoms with E-state index in [4.69, 9.17) is 10.5 Å². The van der Waals surface area contributed by atoms with Crippen LogP contribution in [0.1, 0.15) is 31.7 Å². The van der Waals surface area contributed by atoms with Crippen LogP contribution < -0.4 is 10.5 Å². The average Bonchev–Trinajstić information content (AvgIpc) is 3.20. The topological polar surface area (TPSA) is 75.9 Å². The molecule has 2 aliphatic rings. The molecule has 3 rings (SSSR count). The maximum atomic E-state index is 12.4. The van der Waals surface area contributed by atoms with E-state index >= 15 is 0 Å². The molecule has 0 saturated carbocycles. The Morgan fingerprint density at radius 1 is 1.24 bits per heavy atom. The van der Waals surface area contributed by atoms with E-state index < -0.39 is 0 Å². The van der Waals surface area contributed by atoms with Crippen LogP contribution in [0.3, 0.4) is 0 Å². The molecule has 136 valence electrons. The fourth-order valence-electron chi connectivity index (χ4n) is 3.84. The molecule has 0 spiro atoms. The van der Waals surface area contributed by atoms with Gasteiger partial charge in [0.2, 0.25) is 11.8 Å². The highest BCUT2D eigenvalue weighted by Gasteiger charge is 2.44. The third-order valence-corrected chi connectivity index (χ3v) is 5.50. The quantitative estimate of drug-likeness (QED) is 0.810. The molecule has 0 aromatic heterocycles. The minimum Gasteiger partial charge on any atom is -0.497 e. The third-order valence-electron chi connectivity index (χ3n) is 5.50. The second kappa shape index (κ2) is 7.44. The fourth-order valence-corrected chi connectivity index (χ4v) is 3.84. The van der Waals surface area contributed by atoms with Crippen molar-refractivity contribution in [2.75, 3.05) is 20.2 Å². The molecule has 2 unspecified atom stereocenters. The molecule has 1 aromatic carbocycles. The van der Waals surface area contributed by atoms with Crippen molar-refractivity contribution >= 4 is 11.8 Å². The van der Waals surface area contributed by atoms with Gasteiger partial charge in [0, 0.05) is 44.1 Å². The standard InChI is InChI=1S/C19H27N3O3/c1-13(19(20)24)3-8-18(23)22-12-15-9-16(22)11-21(15)10-14-4-6-17(25-2)7-5-14/h4-7,13,15-16H,3,8-12H2,1-2H3,(H2,20,24)/t13?,15?,16-/m0/s1. The highest BCUT2D eigenvalue weighted by atomic mass is 16.5. The number of methoxy groups -OCH3 is 1. The molecule has 0 aliphatic carbocycles. The van der Waals surface area contributed by atoms with Gasteiger partial charge in [-0.15, -0.1) is 0 Å². The number of nitrogens with two attached hydrogens (primary N) is 1. The Kier molecular flexibility index (Phi) is 5.27. The largest absolute Gasteiger partial charge is 0.497 e. The van der Waals surface area contributed by atoms with E-state index in [-0.39, 0.29) is 17.7 Å². The fraction of sp³-hybridized carbons (Fsp3) is 0.579. The van der Waals surface area contributed by atoms with Gasteiger partial charge < -0.3 is 15.4 Å². The van der Waals surface area contributed by atoms with Crippen molar-refractivity contribution < 1.29 is 14.3 Å². The first-order valence-electron chi connectivity index (χ1n) is 8.93. The molecule has 2 bridgehead atoms. The number of carbonyl (C=O) groups excluding carboxylic acids is 2. The van der Waals surface area contributed by atoms with E-state index in [9.17, 15) is 9.59 Å². The Morgan fingerprint density at radius 3 is 2.52 bits per heavy atom. The van der Waals surface area contributed by atoms with Gasteiger partial charge in [0.25, 0.3) is 0 Å². The number of ether oxygens (including phenoxy) is 1. The monoisotopic (exact) mass is 345 g/mol.